The average Bonchev–Trinajstić information content (AvgIpc) is 2.48. The van der Waals surface area contributed by atoms with Gasteiger partial charge in [0.05, 0.1) is 17.5 Å². The predicted molar refractivity (Wildman–Crippen MR) is 55.0 cm³/mol. The Morgan fingerprint density at radius 2 is 2.27 bits per heavy atom. The van der Waals surface area contributed by atoms with Gasteiger partial charge in [-0.15, -0.1) is 0 Å². The van der Waals surface area contributed by atoms with Gasteiger partial charge >= 0.3 is 5.97 Å². The maximum Gasteiger partial charge on any atom is 0.339 e. The van der Waals surface area contributed by atoms with Gasteiger partial charge in [0.2, 0.25) is 0 Å². The Balaban J connectivity index is 3.03. The number of nitrogens with zero attached hydrogens (tertiary/aromatic N) is 2. The first-order chi connectivity index (χ1) is 6.87. The molecule has 0 radical (unpaired) electrons. The zero-order valence-corrected chi connectivity index (χ0v) is 9.44. The smallest absolute Gasteiger partial charge is 0.339 e. The van der Waals surface area contributed by atoms with Crippen LogP contribution in [-0.4, -0.2) is 33.6 Å². The highest BCUT2D eigenvalue weighted by Gasteiger charge is 2.24. The molecule has 5 heteroatoms. The van der Waals surface area contributed by atoms with E-state index in [0.717, 1.165) is 0 Å². The molecule has 1 rings (SSSR count). The second-order valence-corrected chi connectivity index (χ2v) is 4.07. The fourth-order valence-corrected chi connectivity index (χ4v) is 1.33. The van der Waals surface area contributed by atoms with Gasteiger partial charge in [0.15, 0.2) is 0 Å². The van der Waals surface area contributed by atoms with E-state index < -0.39 is 11.6 Å². The van der Waals surface area contributed by atoms with Gasteiger partial charge in [0.25, 0.3) is 0 Å². The third-order valence-electron chi connectivity index (χ3n) is 2.44. The van der Waals surface area contributed by atoms with E-state index in [1.807, 2.05) is 13.8 Å². The predicted octanol–water partition coefficient (Wildman–Crippen LogP) is 1.09. The number of aromatic nitrogens is 2. The number of aromatic carboxylic acids is 1. The first kappa shape index (κ1) is 11.7. The van der Waals surface area contributed by atoms with E-state index in [9.17, 15) is 4.79 Å². The largest absolute Gasteiger partial charge is 0.478 e. The maximum absolute atomic E-state index is 10.9. The van der Waals surface area contributed by atoms with Crippen LogP contribution >= 0.6 is 0 Å². The van der Waals surface area contributed by atoms with Crippen LogP contribution in [0.4, 0.5) is 0 Å². The lowest BCUT2D eigenvalue weighted by Gasteiger charge is -2.23. The standard InChI is InChI=1S/C10H16N2O3/c1-10(2,15-4)5-8-7(9(13)14)6-11-12(8)3/h6H,5H2,1-4H3,(H,13,14). The third kappa shape index (κ3) is 2.56. The molecule has 0 aliphatic heterocycles. The second-order valence-electron chi connectivity index (χ2n) is 4.07. The number of carbonyl (C=O) groups is 1. The molecule has 0 aliphatic rings. The molecule has 84 valence electrons. The monoisotopic (exact) mass is 212 g/mol. The van der Waals surface area contributed by atoms with Crippen LogP contribution < -0.4 is 0 Å². The van der Waals surface area contributed by atoms with Gasteiger partial charge in [-0.1, -0.05) is 0 Å². The van der Waals surface area contributed by atoms with Crippen molar-refractivity contribution in [3.05, 3.63) is 17.5 Å². The van der Waals surface area contributed by atoms with Crippen molar-refractivity contribution in [3.63, 3.8) is 0 Å². The van der Waals surface area contributed by atoms with Crippen LogP contribution in [0.25, 0.3) is 0 Å². The number of methoxy groups -OCH3 is 1. The lowest BCUT2D eigenvalue weighted by atomic mass is 10.00. The Hall–Kier alpha value is -1.36. The molecular formula is C10H16N2O3. The number of rotatable bonds is 4. The zero-order valence-electron chi connectivity index (χ0n) is 9.44. The lowest BCUT2D eigenvalue weighted by Crippen LogP contribution is -2.27. The number of carboxylic acids is 1. The van der Waals surface area contributed by atoms with Crippen LogP contribution in [0.5, 0.6) is 0 Å². The van der Waals surface area contributed by atoms with Crippen molar-refractivity contribution < 1.29 is 14.6 Å². The summed E-state index contributed by atoms with van der Waals surface area (Å²) in [7, 11) is 3.34. The number of aryl methyl sites for hydroxylation is 1. The summed E-state index contributed by atoms with van der Waals surface area (Å²) in [5.41, 5.74) is 0.523. The van der Waals surface area contributed by atoms with Crippen molar-refractivity contribution in [1.29, 1.82) is 0 Å². The lowest BCUT2D eigenvalue weighted by molar-refractivity contribution is 0.0214. The molecule has 0 spiro atoms. The van der Waals surface area contributed by atoms with Crippen LogP contribution in [0.3, 0.4) is 0 Å². The van der Waals surface area contributed by atoms with Crippen LogP contribution in [0, 0.1) is 0 Å². The van der Waals surface area contributed by atoms with Crippen LogP contribution in [0.15, 0.2) is 6.20 Å². The Morgan fingerprint density at radius 1 is 1.67 bits per heavy atom. The number of ether oxygens (including phenoxy) is 1. The molecule has 15 heavy (non-hydrogen) atoms. The average molecular weight is 212 g/mol. The van der Waals surface area contributed by atoms with Crippen molar-refractivity contribution in [1.82, 2.24) is 9.78 Å². The van der Waals surface area contributed by atoms with Gasteiger partial charge in [-0.05, 0) is 13.8 Å². The van der Waals surface area contributed by atoms with Crippen LogP contribution in [0.2, 0.25) is 0 Å². The number of hydrogen-bond donors (Lipinski definition) is 1. The summed E-state index contributed by atoms with van der Waals surface area (Å²) in [4.78, 5) is 10.9. The van der Waals surface area contributed by atoms with Crippen molar-refractivity contribution in [3.8, 4) is 0 Å². The molecule has 1 N–H and O–H groups in total. The molecule has 0 atom stereocenters. The van der Waals surface area contributed by atoms with Gasteiger partial charge in [0, 0.05) is 20.6 Å². The van der Waals surface area contributed by atoms with E-state index in [0.29, 0.717) is 12.1 Å². The molecule has 0 aliphatic carbocycles. The highest BCUT2D eigenvalue weighted by atomic mass is 16.5. The third-order valence-corrected chi connectivity index (χ3v) is 2.44. The van der Waals surface area contributed by atoms with Crippen LogP contribution in [0.1, 0.15) is 29.9 Å². The van der Waals surface area contributed by atoms with Gasteiger partial charge in [-0.25, -0.2) is 4.79 Å². The van der Waals surface area contributed by atoms with Crippen molar-refractivity contribution in [2.45, 2.75) is 25.9 Å². The summed E-state index contributed by atoms with van der Waals surface area (Å²) in [5.74, 6) is -0.954. The Bertz CT molecular complexity index is 369. The summed E-state index contributed by atoms with van der Waals surface area (Å²) < 4.78 is 6.84. The fourth-order valence-electron chi connectivity index (χ4n) is 1.33. The molecule has 1 aromatic heterocycles. The normalized spacial score (nSPS) is 11.7. The first-order valence-electron chi connectivity index (χ1n) is 4.66. The quantitative estimate of drug-likeness (QED) is 0.811. The first-order valence-corrected chi connectivity index (χ1v) is 4.66. The Morgan fingerprint density at radius 3 is 2.73 bits per heavy atom. The minimum absolute atomic E-state index is 0.239. The summed E-state index contributed by atoms with van der Waals surface area (Å²) in [6.07, 6.45) is 1.88. The van der Waals surface area contributed by atoms with Gasteiger partial charge < -0.3 is 9.84 Å². The van der Waals surface area contributed by atoms with Gasteiger partial charge in [-0.3, -0.25) is 4.68 Å². The van der Waals surface area contributed by atoms with E-state index in [1.54, 1.807) is 18.8 Å². The minimum atomic E-state index is -0.954. The molecule has 0 aromatic carbocycles. The molecule has 0 saturated heterocycles. The summed E-state index contributed by atoms with van der Waals surface area (Å²) in [6, 6.07) is 0. The van der Waals surface area contributed by atoms with Crippen molar-refractivity contribution in [2.24, 2.45) is 7.05 Å². The summed E-state index contributed by atoms with van der Waals surface area (Å²) in [5, 5.41) is 12.9. The second kappa shape index (κ2) is 4.02. The van der Waals surface area contributed by atoms with Crippen molar-refractivity contribution >= 4 is 5.97 Å². The fraction of sp³-hybridized carbons (Fsp3) is 0.600. The van der Waals surface area contributed by atoms with Crippen molar-refractivity contribution in [2.75, 3.05) is 7.11 Å². The number of hydrogen-bond acceptors (Lipinski definition) is 3. The maximum atomic E-state index is 10.9. The topological polar surface area (TPSA) is 64.3 Å². The van der Waals surface area contributed by atoms with Crippen LogP contribution in [-0.2, 0) is 18.2 Å². The molecule has 0 unspecified atom stereocenters. The van der Waals surface area contributed by atoms with E-state index in [2.05, 4.69) is 5.10 Å². The molecule has 0 amide bonds. The number of carboxylic acid groups (broad SMARTS) is 1. The molecule has 0 bridgehead atoms. The Kier molecular flexibility index (Phi) is 3.14. The minimum Gasteiger partial charge on any atom is -0.478 e. The Labute approximate surface area is 88.7 Å². The molecule has 1 heterocycles. The van der Waals surface area contributed by atoms with Gasteiger partial charge in [0.1, 0.15) is 5.56 Å². The molecule has 5 nitrogen and oxygen atoms in total. The molecule has 0 fully saturated rings. The van der Waals surface area contributed by atoms with E-state index in [-0.39, 0.29) is 5.56 Å². The highest BCUT2D eigenvalue weighted by Crippen LogP contribution is 2.18. The van der Waals surface area contributed by atoms with E-state index in [1.165, 1.54) is 6.20 Å². The highest BCUT2D eigenvalue weighted by molar-refractivity contribution is 5.88. The SMILES string of the molecule is COC(C)(C)Cc1c(C(=O)O)cnn1C. The molecule has 0 saturated carbocycles. The summed E-state index contributed by atoms with van der Waals surface area (Å²) >= 11 is 0. The molecule has 1 aromatic rings. The van der Waals surface area contributed by atoms with E-state index >= 15 is 0 Å². The van der Waals surface area contributed by atoms with E-state index in [4.69, 9.17) is 9.84 Å². The zero-order chi connectivity index (χ0) is 11.6. The van der Waals surface area contributed by atoms with Gasteiger partial charge in [-0.2, -0.15) is 5.10 Å². The molecular weight excluding hydrogens is 196 g/mol. The summed E-state index contributed by atoms with van der Waals surface area (Å²) in [6.45, 7) is 3.82.